The van der Waals surface area contributed by atoms with Gasteiger partial charge in [-0.15, -0.1) is 0 Å². The number of nitrogens with zero attached hydrogens (tertiary/aromatic N) is 2. The molecule has 27 heavy (non-hydrogen) atoms. The third kappa shape index (κ3) is 4.02. The van der Waals surface area contributed by atoms with Crippen molar-refractivity contribution in [3.8, 4) is 0 Å². The minimum Gasteiger partial charge on any atom is -0.342 e. The lowest BCUT2D eigenvalue weighted by Gasteiger charge is -2.26. The smallest absolute Gasteiger partial charge is 0.273 e. The molecule has 2 aromatic carbocycles. The molecule has 5 heteroatoms. The lowest BCUT2D eigenvalue weighted by Crippen LogP contribution is -2.41. The molecule has 0 bridgehead atoms. The Bertz CT molecular complexity index is 931. The fourth-order valence-corrected chi connectivity index (χ4v) is 3.30. The number of hydrogen-bond acceptors (Lipinski definition) is 2. The first-order chi connectivity index (χ1) is 12.9. The largest absolute Gasteiger partial charge is 0.342 e. The Morgan fingerprint density at radius 2 is 1.85 bits per heavy atom. The van der Waals surface area contributed by atoms with Crippen molar-refractivity contribution >= 4 is 16.8 Å². The van der Waals surface area contributed by atoms with Gasteiger partial charge in [0.2, 0.25) is 0 Å². The highest BCUT2D eigenvalue weighted by molar-refractivity contribution is 6.05. The maximum absolute atomic E-state index is 14.5. The molecule has 0 saturated heterocycles. The first-order valence-electron chi connectivity index (χ1n) is 9.47. The summed E-state index contributed by atoms with van der Waals surface area (Å²) in [5.74, 6) is -0.787. The zero-order valence-corrected chi connectivity index (χ0v) is 16.1. The molecular formula is C22H26FN3O. The third-order valence-electron chi connectivity index (χ3n) is 4.84. The van der Waals surface area contributed by atoms with Gasteiger partial charge >= 0.3 is 0 Å². The number of unbranched alkanes of at least 4 members (excludes halogenated alkanes) is 2. The molecule has 3 aromatic rings. The van der Waals surface area contributed by atoms with E-state index in [1.54, 1.807) is 10.7 Å². The minimum absolute atomic E-state index is 0.142. The van der Waals surface area contributed by atoms with Crippen LogP contribution in [0.15, 0.2) is 48.5 Å². The van der Waals surface area contributed by atoms with Gasteiger partial charge in [0, 0.05) is 6.54 Å². The molecule has 3 rings (SSSR count). The molecule has 1 amide bonds. The summed E-state index contributed by atoms with van der Waals surface area (Å²) in [6.45, 7) is 6.66. The summed E-state index contributed by atoms with van der Waals surface area (Å²) in [5.41, 5.74) is 1.19. The number of aromatic nitrogens is 2. The van der Waals surface area contributed by atoms with Crippen LogP contribution in [0.1, 0.15) is 56.1 Å². The number of carbonyl (C=O) groups is 1. The van der Waals surface area contributed by atoms with Crippen molar-refractivity contribution in [3.63, 3.8) is 0 Å². The Morgan fingerprint density at radius 3 is 2.56 bits per heavy atom. The SMILES string of the molecule is CCCCCn1nc(C(=O)NC(C)(C)c2ccccc2)c2c(F)cccc21. The molecule has 0 fully saturated rings. The van der Waals surface area contributed by atoms with Crippen LogP contribution in [0.4, 0.5) is 4.39 Å². The quantitative estimate of drug-likeness (QED) is 0.595. The summed E-state index contributed by atoms with van der Waals surface area (Å²) >= 11 is 0. The van der Waals surface area contributed by atoms with Crippen LogP contribution in [-0.2, 0) is 12.1 Å². The fraction of sp³-hybridized carbons (Fsp3) is 0.364. The van der Waals surface area contributed by atoms with Crippen LogP contribution < -0.4 is 5.32 Å². The van der Waals surface area contributed by atoms with Gasteiger partial charge in [0.15, 0.2) is 5.69 Å². The van der Waals surface area contributed by atoms with E-state index in [1.807, 2.05) is 50.2 Å². The van der Waals surface area contributed by atoms with Gasteiger partial charge in [-0.3, -0.25) is 9.48 Å². The number of halogens is 1. The highest BCUT2D eigenvalue weighted by Crippen LogP contribution is 2.25. The van der Waals surface area contributed by atoms with Gasteiger partial charge in [-0.25, -0.2) is 4.39 Å². The summed E-state index contributed by atoms with van der Waals surface area (Å²) in [5, 5.41) is 7.76. The molecule has 0 unspecified atom stereocenters. The van der Waals surface area contributed by atoms with Crippen LogP contribution in [0, 0.1) is 5.82 Å². The molecule has 142 valence electrons. The molecule has 1 heterocycles. The van der Waals surface area contributed by atoms with E-state index in [4.69, 9.17) is 0 Å². The van der Waals surface area contributed by atoms with Crippen molar-refractivity contribution in [1.29, 1.82) is 0 Å². The van der Waals surface area contributed by atoms with Gasteiger partial charge in [0.25, 0.3) is 5.91 Å². The molecule has 4 nitrogen and oxygen atoms in total. The van der Waals surface area contributed by atoms with E-state index in [0.717, 1.165) is 24.8 Å². The first kappa shape index (κ1) is 19.1. The average Bonchev–Trinajstić information content (AvgIpc) is 3.03. The Balaban J connectivity index is 1.94. The first-order valence-corrected chi connectivity index (χ1v) is 9.47. The van der Waals surface area contributed by atoms with E-state index in [9.17, 15) is 9.18 Å². The average molecular weight is 367 g/mol. The van der Waals surface area contributed by atoms with E-state index in [2.05, 4.69) is 17.3 Å². The van der Waals surface area contributed by atoms with E-state index in [1.165, 1.54) is 6.07 Å². The van der Waals surface area contributed by atoms with Crippen molar-refractivity contribution in [2.24, 2.45) is 0 Å². The molecule has 0 spiro atoms. The topological polar surface area (TPSA) is 46.9 Å². The molecule has 0 saturated carbocycles. The van der Waals surface area contributed by atoms with Crippen molar-refractivity contribution in [2.45, 2.75) is 52.1 Å². The van der Waals surface area contributed by atoms with Crippen LogP contribution in [0.5, 0.6) is 0 Å². The summed E-state index contributed by atoms with van der Waals surface area (Å²) < 4.78 is 16.3. The number of carbonyl (C=O) groups excluding carboxylic acids is 1. The van der Waals surface area contributed by atoms with Crippen LogP contribution in [0.25, 0.3) is 10.9 Å². The predicted octanol–water partition coefficient (Wildman–Crippen LogP) is 5.03. The zero-order valence-electron chi connectivity index (χ0n) is 16.1. The second kappa shape index (κ2) is 7.91. The highest BCUT2D eigenvalue weighted by atomic mass is 19.1. The lowest BCUT2D eigenvalue weighted by atomic mass is 9.94. The zero-order chi connectivity index (χ0) is 19.4. The van der Waals surface area contributed by atoms with Gasteiger partial charge < -0.3 is 5.32 Å². The predicted molar refractivity (Wildman–Crippen MR) is 106 cm³/mol. The van der Waals surface area contributed by atoms with Gasteiger partial charge in [0.05, 0.1) is 16.4 Å². The van der Waals surface area contributed by atoms with Crippen LogP contribution >= 0.6 is 0 Å². The van der Waals surface area contributed by atoms with Crippen LogP contribution in [-0.4, -0.2) is 15.7 Å². The van der Waals surface area contributed by atoms with Gasteiger partial charge in [-0.1, -0.05) is 56.2 Å². The van der Waals surface area contributed by atoms with E-state index in [-0.39, 0.29) is 17.0 Å². The molecule has 0 aliphatic rings. The fourth-order valence-electron chi connectivity index (χ4n) is 3.30. The summed E-state index contributed by atoms with van der Waals surface area (Å²) in [7, 11) is 0. The Morgan fingerprint density at radius 1 is 1.11 bits per heavy atom. The monoisotopic (exact) mass is 367 g/mol. The van der Waals surface area contributed by atoms with Crippen molar-refractivity contribution < 1.29 is 9.18 Å². The second-order valence-electron chi connectivity index (χ2n) is 7.36. The normalized spacial score (nSPS) is 11.7. The number of fused-ring (bicyclic) bond motifs is 1. The van der Waals surface area contributed by atoms with Crippen LogP contribution in [0.2, 0.25) is 0 Å². The van der Waals surface area contributed by atoms with Gasteiger partial charge in [-0.05, 0) is 38.0 Å². The third-order valence-corrected chi connectivity index (χ3v) is 4.84. The van der Waals surface area contributed by atoms with Crippen molar-refractivity contribution in [1.82, 2.24) is 15.1 Å². The van der Waals surface area contributed by atoms with E-state index < -0.39 is 11.4 Å². The Labute approximate surface area is 159 Å². The lowest BCUT2D eigenvalue weighted by molar-refractivity contribution is 0.0907. The van der Waals surface area contributed by atoms with Gasteiger partial charge in [-0.2, -0.15) is 5.10 Å². The maximum Gasteiger partial charge on any atom is 0.273 e. The Hall–Kier alpha value is -2.69. The number of rotatable bonds is 7. The molecule has 0 aliphatic heterocycles. The molecule has 1 aromatic heterocycles. The number of benzene rings is 2. The van der Waals surface area contributed by atoms with Crippen LogP contribution in [0.3, 0.4) is 0 Å². The summed E-state index contributed by atoms with van der Waals surface area (Å²) in [6, 6.07) is 14.6. The Kier molecular flexibility index (Phi) is 5.59. The number of amides is 1. The molecule has 0 atom stereocenters. The molecule has 0 aliphatic carbocycles. The number of aryl methyl sites for hydroxylation is 1. The minimum atomic E-state index is -0.595. The van der Waals surface area contributed by atoms with Crippen molar-refractivity contribution in [3.05, 3.63) is 65.6 Å². The van der Waals surface area contributed by atoms with Gasteiger partial charge in [0.1, 0.15) is 5.82 Å². The second-order valence-corrected chi connectivity index (χ2v) is 7.36. The van der Waals surface area contributed by atoms with E-state index >= 15 is 0 Å². The highest BCUT2D eigenvalue weighted by Gasteiger charge is 2.27. The number of hydrogen-bond donors (Lipinski definition) is 1. The number of nitrogens with one attached hydrogen (secondary N) is 1. The summed E-state index contributed by atoms with van der Waals surface area (Å²) in [6.07, 6.45) is 3.10. The molecule has 0 radical (unpaired) electrons. The standard InChI is InChI=1S/C22H26FN3O/c1-4-5-9-15-26-18-14-10-13-17(23)19(18)20(25-26)21(27)24-22(2,3)16-11-7-6-8-12-16/h6-8,10-14H,4-5,9,15H2,1-3H3,(H,24,27). The molecular weight excluding hydrogens is 341 g/mol. The maximum atomic E-state index is 14.5. The molecule has 1 N–H and O–H groups in total. The van der Waals surface area contributed by atoms with Crippen molar-refractivity contribution in [2.75, 3.05) is 0 Å². The summed E-state index contributed by atoms with van der Waals surface area (Å²) in [4.78, 5) is 13.0. The van der Waals surface area contributed by atoms with E-state index in [0.29, 0.717) is 12.1 Å².